The van der Waals surface area contributed by atoms with E-state index in [0.29, 0.717) is 5.92 Å². The van der Waals surface area contributed by atoms with Crippen LogP contribution in [0.15, 0.2) is 18.2 Å². The van der Waals surface area contributed by atoms with Crippen LogP contribution in [0, 0.1) is 23.7 Å². The van der Waals surface area contributed by atoms with Gasteiger partial charge >= 0.3 is 5.97 Å². The number of aliphatic hydroxyl groups excluding tert-OH is 1. The van der Waals surface area contributed by atoms with Crippen molar-refractivity contribution < 1.29 is 19.4 Å². The molecule has 7 atom stereocenters. The number of carbonyl (C=O) groups is 2. The van der Waals surface area contributed by atoms with Crippen molar-refractivity contribution in [2.75, 3.05) is 13.7 Å². The van der Waals surface area contributed by atoms with Gasteiger partial charge in [-0.2, -0.15) is 0 Å². The summed E-state index contributed by atoms with van der Waals surface area (Å²) >= 11 is 12.2. The molecule has 4 rings (SSSR count). The molecular formula is C23H31Cl2N3O4. The van der Waals surface area contributed by atoms with Gasteiger partial charge in [-0.1, -0.05) is 35.7 Å². The van der Waals surface area contributed by atoms with Gasteiger partial charge in [-0.05, 0) is 67.9 Å². The van der Waals surface area contributed by atoms with Gasteiger partial charge in [-0.25, -0.2) is 4.79 Å². The normalized spacial score (nSPS) is 30.4. The van der Waals surface area contributed by atoms with Crippen molar-refractivity contribution in [3.05, 3.63) is 33.8 Å². The largest absolute Gasteiger partial charge is 0.467 e. The zero-order valence-electron chi connectivity index (χ0n) is 18.2. The number of fused-ring (bicyclic) bond motifs is 2. The van der Waals surface area contributed by atoms with Crippen molar-refractivity contribution in [3.8, 4) is 0 Å². The quantitative estimate of drug-likeness (QED) is 0.335. The highest BCUT2D eigenvalue weighted by atomic mass is 35.5. The number of benzene rings is 1. The van der Waals surface area contributed by atoms with Gasteiger partial charge in [0.05, 0.1) is 22.7 Å². The van der Waals surface area contributed by atoms with E-state index in [2.05, 4.69) is 16.0 Å². The Morgan fingerprint density at radius 3 is 2.56 bits per heavy atom. The van der Waals surface area contributed by atoms with E-state index in [1.807, 2.05) is 0 Å². The third-order valence-electron chi connectivity index (χ3n) is 7.42. The molecule has 0 saturated heterocycles. The number of hydrogen-bond donors (Lipinski definition) is 4. The van der Waals surface area contributed by atoms with Gasteiger partial charge in [0, 0.05) is 12.6 Å². The molecule has 3 aliphatic rings. The number of nitrogens with one attached hydrogen (secondary N) is 3. The number of amides is 1. The van der Waals surface area contributed by atoms with Crippen LogP contribution in [0.1, 0.15) is 48.9 Å². The molecule has 32 heavy (non-hydrogen) atoms. The first-order chi connectivity index (χ1) is 15.4. The van der Waals surface area contributed by atoms with E-state index in [9.17, 15) is 14.7 Å². The maximum absolute atomic E-state index is 12.7. The van der Waals surface area contributed by atoms with Gasteiger partial charge < -0.3 is 15.2 Å². The molecule has 3 saturated carbocycles. The molecule has 1 aromatic carbocycles. The molecule has 0 aliphatic heterocycles. The maximum atomic E-state index is 12.7. The standard InChI is InChI=1S/C23H31Cl2N3O4/c1-32-22(30)19(27-21(29)20-16(24)3-2-4-17(20)25)11-26-23(31)28-18-10-13-7-12-5-6-15(18)14(8-12)9-13/h2-4,12-15,18-19,23,26,28,31H,5-11H2,1H3,(H,27,29)/t12?,13?,14?,15?,18?,19-,23?/m0/s1. The number of hydrogen-bond acceptors (Lipinski definition) is 6. The Kier molecular flexibility index (Phi) is 7.62. The fourth-order valence-electron chi connectivity index (χ4n) is 6.09. The minimum atomic E-state index is -1.02. The van der Waals surface area contributed by atoms with Gasteiger partial charge in [0.2, 0.25) is 0 Å². The summed E-state index contributed by atoms with van der Waals surface area (Å²) in [6.45, 7) is -0.0129. The van der Waals surface area contributed by atoms with Crippen molar-refractivity contribution in [1.82, 2.24) is 16.0 Å². The molecule has 4 N–H and O–H groups in total. The zero-order valence-corrected chi connectivity index (χ0v) is 19.7. The van der Waals surface area contributed by atoms with Crippen LogP contribution in [-0.4, -0.2) is 49.1 Å². The Hall–Kier alpha value is -1.38. The average Bonchev–Trinajstić information content (AvgIpc) is 2.74. The molecule has 9 heteroatoms. The Bertz CT molecular complexity index is 828. The van der Waals surface area contributed by atoms with E-state index in [-0.39, 0.29) is 28.2 Å². The lowest BCUT2D eigenvalue weighted by molar-refractivity contribution is -0.142. The molecule has 3 fully saturated rings. The molecular weight excluding hydrogens is 453 g/mol. The van der Waals surface area contributed by atoms with Gasteiger partial charge in [-0.3, -0.25) is 15.4 Å². The van der Waals surface area contributed by atoms with Crippen LogP contribution in [0.25, 0.3) is 0 Å². The number of methoxy groups -OCH3 is 1. The summed E-state index contributed by atoms with van der Waals surface area (Å²) in [5.74, 6) is 1.77. The van der Waals surface area contributed by atoms with Crippen molar-refractivity contribution in [2.45, 2.75) is 57.0 Å². The smallest absolute Gasteiger partial charge is 0.329 e. The highest BCUT2D eigenvalue weighted by Crippen LogP contribution is 2.52. The molecule has 7 nitrogen and oxygen atoms in total. The summed E-state index contributed by atoms with van der Waals surface area (Å²) < 4.78 is 4.82. The number of rotatable bonds is 8. The highest BCUT2D eigenvalue weighted by molar-refractivity contribution is 6.39. The predicted molar refractivity (Wildman–Crippen MR) is 122 cm³/mol. The zero-order chi connectivity index (χ0) is 22.8. The van der Waals surface area contributed by atoms with Gasteiger partial charge in [0.15, 0.2) is 6.35 Å². The molecule has 1 aromatic rings. The second-order valence-electron chi connectivity index (χ2n) is 9.41. The fraction of sp³-hybridized carbons (Fsp3) is 0.652. The van der Waals surface area contributed by atoms with Gasteiger partial charge in [-0.15, -0.1) is 0 Å². The average molecular weight is 484 g/mol. The van der Waals surface area contributed by atoms with Crippen molar-refractivity contribution >= 4 is 35.1 Å². The first-order valence-electron chi connectivity index (χ1n) is 11.4. The SMILES string of the molecule is COC(=O)[C@H](CNC(O)NC1CC2CC3CCC1C(C3)C2)NC(=O)c1c(Cl)cccc1Cl. The lowest BCUT2D eigenvalue weighted by Gasteiger charge is -2.52. The number of ether oxygens (including phenoxy) is 1. The van der Waals surface area contributed by atoms with E-state index in [4.69, 9.17) is 27.9 Å². The van der Waals surface area contributed by atoms with Crippen LogP contribution in [0.3, 0.4) is 0 Å². The number of esters is 1. The van der Waals surface area contributed by atoms with Crippen molar-refractivity contribution in [3.63, 3.8) is 0 Å². The third-order valence-corrected chi connectivity index (χ3v) is 8.05. The molecule has 3 aliphatic carbocycles. The monoisotopic (exact) mass is 483 g/mol. The summed E-state index contributed by atoms with van der Waals surface area (Å²) in [4.78, 5) is 24.9. The van der Waals surface area contributed by atoms with E-state index in [1.165, 1.54) is 39.2 Å². The second kappa shape index (κ2) is 10.3. The van der Waals surface area contributed by atoms with E-state index in [1.54, 1.807) is 18.2 Å². The number of carbonyl (C=O) groups excluding carboxylic acids is 2. The first kappa shape index (κ1) is 23.8. The molecule has 0 radical (unpaired) electrons. The molecule has 0 aromatic heterocycles. The van der Waals surface area contributed by atoms with Crippen LogP contribution in [0.5, 0.6) is 0 Å². The maximum Gasteiger partial charge on any atom is 0.329 e. The summed E-state index contributed by atoms with van der Waals surface area (Å²) in [7, 11) is 1.25. The molecule has 1 amide bonds. The molecule has 3 bridgehead atoms. The molecule has 176 valence electrons. The lowest BCUT2D eigenvalue weighted by Crippen LogP contribution is -2.58. The van der Waals surface area contributed by atoms with Crippen LogP contribution in [-0.2, 0) is 9.53 Å². The predicted octanol–water partition coefficient (Wildman–Crippen LogP) is 2.93. The Morgan fingerprint density at radius 1 is 1.12 bits per heavy atom. The highest BCUT2D eigenvalue weighted by Gasteiger charge is 2.45. The van der Waals surface area contributed by atoms with Gasteiger partial charge in [0.25, 0.3) is 5.91 Å². The second-order valence-corrected chi connectivity index (χ2v) is 10.2. The van der Waals surface area contributed by atoms with E-state index < -0.39 is 24.3 Å². The summed E-state index contributed by atoms with van der Waals surface area (Å²) in [5, 5.41) is 19.8. The number of halogens is 2. The molecule has 0 spiro atoms. The summed E-state index contributed by atoms with van der Waals surface area (Å²) in [5.41, 5.74) is 0.0905. The first-order valence-corrected chi connectivity index (χ1v) is 12.1. The van der Waals surface area contributed by atoms with Crippen LogP contribution < -0.4 is 16.0 Å². The van der Waals surface area contributed by atoms with Crippen molar-refractivity contribution in [2.24, 2.45) is 23.7 Å². The minimum absolute atomic E-state index is 0.0129. The number of aliphatic hydroxyl groups is 1. The fourth-order valence-corrected chi connectivity index (χ4v) is 6.65. The molecule has 0 heterocycles. The Morgan fingerprint density at radius 2 is 1.84 bits per heavy atom. The summed E-state index contributed by atoms with van der Waals surface area (Å²) in [6, 6.07) is 3.98. The molecule has 6 unspecified atom stereocenters. The Labute approximate surface area is 198 Å². The topological polar surface area (TPSA) is 99.7 Å². The third kappa shape index (κ3) is 5.23. The van der Waals surface area contributed by atoms with Crippen LogP contribution in [0.4, 0.5) is 0 Å². The van der Waals surface area contributed by atoms with Crippen LogP contribution >= 0.6 is 23.2 Å². The minimum Gasteiger partial charge on any atom is -0.467 e. The van der Waals surface area contributed by atoms with E-state index >= 15 is 0 Å². The lowest BCUT2D eigenvalue weighted by atomic mass is 9.56. The van der Waals surface area contributed by atoms with Crippen molar-refractivity contribution in [1.29, 1.82) is 0 Å². The summed E-state index contributed by atoms with van der Waals surface area (Å²) in [6.07, 6.45) is 6.55. The van der Waals surface area contributed by atoms with Crippen LogP contribution in [0.2, 0.25) is 10.0 Å². The van der Waals surface area contributed by atoms with E-state index in [0.717, 1.165) is 24.2 Å². The Balaban J connectivity index is 1.34. The van der Waals surface area contributed by atoms with Gasteiger partial charge in [0.1, 0.15) is 6.04 Å².